The molecule has 0 aliphatic carbocycles. The van der Waals surface area contributed by atoms with Gasteiger partial charge in [0, 0.05) is 12.2 Å². The molecule has 100 valence electrons. The standard InChI is InChI=1S/C14H14F2N2O/c1-19-14-12(15)7-10(8-13(14)16)9-17-18-11-5-3-2-4-6-11/h2-8,17-18H,9H2,1H3. The molecular weight excluding hydrogens is 250 g/mol. The monoisotopic (exact) mass is 264 g/mol. The fourth-order valence-corrected chi connectivity index (χ4v) is 1.68. The van der Waals surface area contributed by atoms with Crippen molar-refractivity contribution in [1.29, 1.82) is 0 Å². The van der Waals surface area contributed by atoms with Crippen LogP contribution in [-0.2, 0) is 6.54 Å². The van der Waals surface area contributed by atoms with E-state index in [1.807, 2.05) is 30.3 Å². The van der Waals surface area contributed by atoms with Crippen LogP contribution in [0.2, 0.25) is 0 Å². The summed E-state index contributed by atoms with van der Waals surface area (Å²) in [6, 6.07) is 11.9. The van der Waals surface area contributed by atoms with Gasteiger partial charge in [-0.2, -0.15) is 0 Å². The average Bonchev–Trinajstić information content (AvgIpc) is 2.40. The number of halogens is 2. The van der Waals surface area contributed by atoms with Crippen LogP contribution in [0.25, 0.3) is 0 Å². The lowest BCUT2D eigenvalue weighted by atomic mass is 10.2. The number of ether oxygens (including phenoxy) is 1. The van der Waals surface area contributed by atoms with Gasteiger partial charge >= 0.3 is 0 Å². The summed E-state index contributed by atoms with van der Waals surface area (Å²) in [6.07, 6.45) is 0. The van der Waals surface area contributed by atoms with Crippen LogP contribution in [0.1, 0.15) is 5.56 Å². The number of rotatable bonds is 5. The normalized spacial score (nSPS) is 10.3. The largest absolute Gasteiger partial charge is 0.491 e. The maximum absolute atomic E-state index is 13.4. The number of nitrogens with one attached hydrogen (secondary N) is 2. The van der Waals surface area contributed by atoms with E-state index >= 15 is 0 Å². The highest BCUT2D eigenvalue weighted by Crippen LogP contribution is 2.22. The molecule has 0 saturated heterocycles. The molecule has 0 amide bonds. The zero-order valence-electron chi connectivity index (χ0n) is 10.4. The van der Waals surface area contributed by atoms with Crippen molar-refractivity contribution in [1.82, 2.24) is 5.43 Å². The molecule has 0 spiro atoms. The summed E-state index contributed by atoms with van der Waals surface area (Å²) in [4.78, 5) is 0. The SMILES string of the molecule is COc1c(F)cc(CNNc2ccccc2)cc1F. The minimum absolute atomic E-state index is 0.284. The predicted molar refractivity (Wildman–Crippen MR) is 69.8 cm³/mol. The van der Waals surface area contributed by atoms with Gasteiger partial charge in [-0.15, -0.1) is 0 Å². The number of hydrazine groups is 1. The summed E-state index contributed by atoms with van der Waals surface area (Å²) in [5.41, 5.74) is 7.18. The minimum Gasteiger partial charge on any atom is -0.491 e. The Kier molecular flexibility index (Phi) is 4.30. The Labute approximate surface area is 110 Å². The van der Waals surface area contributed by atoms with Crippen LogP contribution in [0.5, 0.6) is 5.75 Å². The van der Waals surface area contributed by atoms with Crippen LogP contribution in [0.3, 0.4) is 0 Å². The predicted octanol–water partition coefficient (Wildman–Crippen LogP) is 3.09. The van der Waals surface area contributed by atoms with Crippen LogP contribution in [-0.4, -0.2) is 7.11 Å². The van der Waals surface area contributed by atoms with Gasteiger partial charge in [-0.25, -0.2) is 14.2 Å². The molecule has 5 heteroatoms. The zero-order valence-corrected chi connectivity index (χ0v) is 10.4. The lowest BCUT2D eigenvalue weighted by molar-refractivity contribution is 0.359. The Morgan fingerprint density at radius 1 is 1.05 bits per heavy atom. The maximum atomic E-state index is 13.4. The topological polar surface area (TPSA) is 33.3 Å². The first-order chi connectivity index (χ1) is 9.20. The Morgan fingerprint density at radius 3 is 2.26 bits per heavy atom. The molecule has 0 aliphatic heterocycles. The van der Waals surface area contributed by atoms with E-state index in [2.05, 4.69) is 15.6 Å². The Morgan fingerprint density at radius 2 is 1.68 bits per heavy atom. The maximum Gasteiger partial charge on any atom is 0.190 e. The van der Waals surface area contributed by atoms with E-state index in [4.69, 9.17) is 0 Å². The molecule has 0 aromatic heterocycles. The van der Waals surface area contributed by atoms with Gasteiger partial charge in [0.25, 0.3) is 0 Å². The van der Waals surface area contributed by atoms with Crippen molar-refractivity contribution in [2.75, 3.05) is 12.5 Å². The Balaban J connectivity index is 1.97. The molecule has 0 fully saturated rings. The molecule has 0 heterocycles. The summed E-state index contributed by atoms with van der Waals surface area (Å²) < 4.78 is 31.5. The third-order valence-corrected chi connectivity index (χ3v) is 2.56. The molecule has 0 radical (unpaired) electrons. The van der Waals surface area contributed by atoms with Crippen molar-refractivity contribution < 1.29 is 13.5 Å². The first kappa shape index (κ1) is 13.3. The van der Waals surface area contributed by atoms with Crippen LogP contribution >= 0.6 is 0 Å². The minimum atomic E-state index is -0.709. The van der Waals surface area contributed by atoms with Crippen LogP contribution in [0.4, 0.5) is 14.5 Å². The summed E-state index contributed by atoms with van der Waals surface area (Å²) in [5.74, 6) is -1.78. The van der Waals surface area contributed by atoms with Crippen molar-refractivity contribution in [3.8, 4) is 5.75 Å². The lowest BCUT2D eigenvalue weighted by Gasteiger charge is -2.10. The van der Waals surface area contributed by atoms with Gasteiger partial charge in [0.05, 0.1) is 7.11 Å². The van der Waals surface area contributed by atoms with E-state index in [1.165, 1.54) is 19.2 Å². The Bertz CT molecular complexity index is 523. The number of benzene rings is 2. The number of hydrogen-bond acceptors (Lipinski definition) is 3. The second-order valence-electron chi connectivity index (χ2n) is 3.94. The third kappa shape index (κ3) is 3.42. The van der Waals surface area contributed by atoms with Gasteiger partial charge in [0.15, 0.2) is 17.4 Å². The third-order valence-electron chi connectivity index (χ3n) is 2.56. The van der Waals surface area contributed by atoms with Crippen LogP contribution in [0.15, 0.2) is 42.5 Å². The van der Waals surface area contributed by atoms with E-state index < -0.39 is 11.6 Å². The van der Waals surface area contributed by atoms with E-state index in [0.717, 1.165) is 5.69 Å². The zero-order chi connectivity index (χ0) is 13.7. The van der Waals surface area contributed by atoms with E-state index in [0.29, 0.717) is 5.56 Å². The van der Waals surface area contributed by atoms with Gasteiger partial charge < -0.3 is 10.2 Å². The van der Waals surface area contributed by atoms with Crippen molar-refractivity contribution in [2.45, 2.75) is 6.54 Å². The first-order valence-corrected chi connectivity index (χ1v) is 5.76. The van der Waals surface area contributed by atoms with Gasteiger partial charge in [-0.05, 0) is 29.8 Å². The fourth-order valence-electron chi connectivity index (χ4n) is 1.68. The molecule has 3 nitrogen and oxygen atoms in total. The van der Waals surface area contributed by atoms with Gasteiger partial charge in [-0.3, -0.25) is 0 Å². The smallest absolute Gasteiger partial charge is 0.190 e. The average molecular weight is 264 g/mol. The number of hydrogen-bond donors (Lipinski definition) is 2. The first-order valence-electron chi connectivity index (χ1n) is 5.76. The fraction of sp³-hybridized carbons (Fsp3) is 0.143. The molecule has 0 aliphatic rings. The van der Waals surface area contributed by atoms with Crippen LogP contribution in [0, 0.1) is 11.6 Å². The van der Waals surface area contributed by atoms with E-state index in [9.17, 15) is 8.78 Å². The van der Waals surface area contributed by atoms with Crippen molar-refractivity contribution in [2.24, 2.45) is 0 Å². The van der Waals surface area contributed by atoms with Crippen LogP contribution < -0.4 is 15.6 Å². The number of anilines is 1. The van der Waals surface area contributed by atoms with Crippen molar-refractivity contribution in [3.05, 3.63) is 59.7 Å². The van der Waals surface area contributed by atoms with Crippen molar-refractivity contribution in [3.63, 3.8) is 0 Å². The number of para-hydroxylation sites is 1. The molecule has 0 saturated carbocycles. The highest BCUT2D eigenvalue weighted by atomic mass is 19.1. The molecule has 19 heavy (non-hydrogen) atoms. The van der Waals surface area contributed by atoms with E-state index in [-0.39, 0.29) is 12.3 Å². The molecule has 0 unspecified atom stereocenters. The molecule has 2 aromatic carbocycles. The molecule has 0 atom stereocenters. The summed E-state index contributed by atoms with van der Waals surface area (Å²) in [6.45, 7) is 0.284. The number of methoxy groups -OCH3 is 1. The molecular formula is C14H14F2N2O. The Hall–Kier alpha value is -2.14. The van der Waals surface area contributed by atoms with Gasteiger partial charge in [0.2, 0.25) is 0 Å². The van der Waals surface area contributed by atoms with Gasteiger partial charge in [0.1, 0.15) is 0 Å². The highest BCUT2D eigenvalue weighted by molar-refractivity contribution is 5.41. The molecule has 0 bridgehead atoms. The second kappa shape index (κ2) is 6.15. The molecule has 2 N–H and O–H groups in total. The summed E-state index contributed by atoms with van der Waals surface area (Å²) >= 11 is 0. The highest BCUT2D eigenvalue weighted by Gasteiger charge is 2.10. The molecule has 2 aromatic rings. The van der Waals surface area contributed by atoms with E-state index in [1.54, 1.807) is 0 Å². The quantitative estimate of drug-likeness (QED) is 0.814. The molecule has 2 rings (SSSR count). The summed E-state index contributed by atoms with van der Waals surface area (Å²) in [7, 11) is 1.23. The second-order valence-corrected chi connectivity index (χ2v) is 3.94. The lowest BCUT2D eigenvalue weighted by Crippen LogP contribution is -2.21. The van der Waals surface area contributed by atoms with Crippen molar-refractivity contribution >= 4 is 5.69 Å². The summed E-state index contributed by atoms with van der Waals surface area (Å²) in [5, 5.41) is 0. The van der Waals surface area contributed by atoms with Gasteiger partial charge in [-0.1, -0.05) is 18.2 Å².